The molecule has 0 heterocycles. The van der Waals surface area contributed by atoms with Crippen molar-refractivity contribution in [1.29, 1.82) is 0 Å². The van der Waals surface area contributed by atoms with Crippen LogP contribution in [0.4, 0.5) is 4.39 Å². The van der Waals surface area contributed by atoms with Crippen molar-refractivity contribution in [3.05, 3.63) is 71.5 Å². The maximum Gasteiger partial charge on any atom is 0.251 e. The molecule has 2 unspecified atom stereocenters. The number of amides is 2. The molecule has 0 bridgehead atoms. The minimum Gasteiger partial charge on any atom is -0.352 e. The maximum atomic E-state index is 13.5. The zero-order chi connectivity index (χ0) is 19.1. The number of benzene rings is 2. The van der Waals surface area contributed by atoms with Gasteiger partial charge in [0.15, 0.2) is 0 Å². The summed E-state index contributed by atoms with van der Waals surface area (Å²) in [5.74, 6) is -0.913. The molecule has 2 atom stereocenters. The number of rotatable bonds is 7. The monoisotopic (exact) mass is 357 g/mol. The smallest absolute Gasteiger partial charge is 0.251 e. The highest BCUT2D eigenvalue weighted by Crippen LogP contribution is 2.18. The van der Waals surface area contributed by atoms with Crippen molar-refractivity contribution in [2.45, 2.75) is 19.0 Å². The summed E-state index contributed by atoms with van der Waals surface area (Å²) in [5, 5.41) is 5.49. The van der Waals surface area contributed by atoms with E-state index in [1.807, 2.05) is 31.1 Å². The summed E-state index contributed by atoms with van der Waals surface area (Å²) in [6, 6.07) is 14.2. The van der Waals surface area contributed by atoms with E-state index in [4.69, 9.17) is 0 Å². The van der Waals surface area contributed by atoms with Gasteiger partial charge in [-0.15, -0.1) is 0 Å². The molecule has 2 aromatic carbocycles. The lowest BCUT2D eigenvalue weighted by molar-refractivity contribution is -0.122. The third-order valence-electron chi connectivity index (χ3n) is 4.10. The van der Waals surface area contributed by atoms with Crippen molar-refractivity contribution in [2.24, 2.45) is 0 Å². The summed E-state index contributed by atoms with van der Waals surface area (Å²) in [6.45, 7) is 1.93. The molecule has 2 aromatic rings. The van der Waals surface area contributed by atoms with E-state index >= 15 is 0 Å². The highest BCUT2D eigenvalue weighted by Gasteiger charge is 2.20. The number of nitrogens with one attached hydrogen (secondary N) is 2. The van der Waals surface area contributed by atoms with Crippen LogP contribution in [0.1, 0.15) is 28.9 Å². The van der Waals surface area contributed by atoms with Crippen molar-refractivity contribution >= 4 is 11.8 Å². The number of hydrogen-bond acceptors (Lipinski definition) is 3. The minimum atomic E-state index is -0.682. The summed E-state index contributed by atoms with van der Waals surface area (Å²) in [6.07, 6.45) is 0. The van der Waals surface area contributed by atoms with Crippen molar-refractivity contribution in [3.63, 3.8) is 0 Å². The van der Waals surface area contributed by atoms with Crippen LogP contribution < -0.4 is 10.6 Å². The lowest BCUT2D eigenvalue weighted by atomic mass is 10.1. The van der Waals surface area contributed by atoms with Crippen molar-refractivity contribution in [2.75, 3.05) is 20.6 Å². The second-order valence-corrected chi connectivity index (χ2v) is 6.34. The molecule has 0 saturated carbocycles. The van der Waals surface area contributed by atoms with Gasteiger partial charge in [0.25, 0.3) is 5.91 Å². The molecule has 2 N–H and O–H groups in total. The Morgan fingerprint density at radius 2 is 1.77 bits per heavy atom. The molecule has 138 valence electrons. The second-order valence-electron chi connectivity index (χ2n) is 6.34. The molecule has 0 aliphatic heterocycles. The van der Waals surface area contributed by atoms with Gasteiger partial charge in [-0.3, -0.25) is 9.59 Å². The van der Waals surface area contributed by atoms with E-state index in [0.29, 0.717) is 12.1 Å². The number of nitrogens with zero attached hydrogens (tertiary/aromatic N) is 1. The lowest BCUT2D eigenvalue weighted by Crippen LogP contribution is -2.46. The van der Waals surface area contributed by atoms with Gasteiger partial charge >= 0.3 is 0 Å². The Morgan fingerprint density at radius 1 is 1.08 bits per heavy atom. The Kier molecular flexibility index (Phi) is 6.86. The summed E-state index contributed by atoms with van der Waals surface area (Å²) >= 11 is 0. The summed E-state index contributed by atoms with van der Waals surface area (Å²) in [4.78, 5) is 26.3. The number of likely N-dealkylation sites (N-methyl/N-ethyl adjacent to an activating group) is 1. The first-order chi connectivity index (χ1) is 12.4. The minimum absolute atomic E-state index is 0.174. The summed E-state index contributed by atoms with van der Waals surface area (Å²) in [7, 11) is 3.73. The lowest BCUT2D eigenvalue weighted by Gasteiger charge is -2.26. The second kappa shape index (κ2) is 9.10. The molecular weight excluding hydrogens is 333 g/mol. The van der Waals surface area contributed by atoms with Crippen LogP contribution >= 0.6 is 0 Å². The quantitative estimate of drug-likeness (QED) is 0.800. The fraction of sp³-hybridized carbons (Fsp3) is 0.300. The molecule has 0 aliphatic carbocycles. The summed E-state index contributed by atoms with van der Waals surface area (Å²) in [5.41, 5.74) is 1.27. The molecule has 0 spiro atoms. The highest BCUT2D eigenvalue weighted by atomic mass is 19.1. The van der Waals surface area contributed by atoms with Crippen LogP contribution in [0, 0.1) is 5.82 Å². The van der Waals surface area contributed by atoms with E-state index in [1.165, 1.54) is 12.1 Å². The molecule has 2 amide bonds. The van der Waals surface area contributed by atoms with Gasteiger partial charge in [0, 0.05) is 12.1 Å². The van der Waals surface area contributed by atoms with Gasteiger partial charge in [-0.25, -0.2) is 4.39 Å². The SMILES string of the molecule is CC(NC(=O)c1ccccc1)C(=O)NCC(c1cccc(F)c1)N(C)C. The molecular formula is C20H24FN3O2. The first kappa shape index (κ1) is 19.6. The largest absolute Gasteiger partial charge is 0.352 e. The molecule has 0 saturated heterocycles. The van der Waals surface area contributed by atoms with Crippen LogP contribution in [0.5, 0.6) is 0 Å². The zero-order valence-corrected chi connectivity index (χ0v) is 15.2. The van der Waals surface area contributed by atoms with E-state index < -0.39 is 6.04 Å². The first-order valence-electron chi connectivity index (χ1n) is 8.44. The van der Waals surface area contributed by atoms with Crippen LogP contribution in [0.3, 0.4) is 0 Å². The van der Waals surface area contributed by atoms with E-state index in [-0.39, 0.29) is 23.7 Å². The van der Waals surface area contributed by atoms with Crippen LogP contribution in [-0.2, 0) is 4.79 Å². The van der Waals surface area contributed by atoms with Gasteiger partial charge in [-0.2, -0.15) is 0 Å². The average molecular weight is 357 g/mol. The van der Waals surface area contributed by atoms with Crippen LogP contribution in [-0.4, -0.2) is 43.4 Å². The van der Waals surface area contributed by atoms with Gasteiger partial charge in [0.05, 0.1) is 6.04 Å². The van der Waals surface area contributed by atoms with Crippen molar-refractivity contribution in [1.82, 2.24) is 15.5 Å². The summed E-state index contributed by atoms with van der Waals surface area (Å²) < 4.78 is 13.5. The van der Waals surface area contributed by atoms with E-state index in [9.17, 15) is 14.0 Å². The molecule has 6 heteroatoms. The number of halogens is 1. The predicted molar refractivity (Wildman–Crippen MR) is 99.2 cm³/mol. The van der Waals surface area contributed by atoms with Crippen LogP contribution in [0.25, 0.3) is 0 Å². The van der Waals surface area contributed by atoms with Gasteiger partial charge < -0.3 is 15.5 Å². The Morgan fingerprint density at radius 3 is 2.38 bits per heavy atom. The molecule has 0 aromatic heterocycles. The van der Waals surface area contributed by atoms with E-state index in [2.05, 4.69) is 10.6 Å². The fourth-order valence-corrected chi connectivity index (χ4v) is 2.60. The van der Waals surface area contributed by atoms with Crippen molar-refractivity contribution < 1.29 is 14.0 Å². The number of carbonyl (C=O) groups is 2. The Bertz CT molecular complexity index is 750. The third-order valence-corrected chi connectivity index (χ3v) is 4.10. The van der Waals surface area contributed by atoms with E-state index in [1.54, 1.807) is 37.3 Å². The fourth-order valence-electron chi connectivity index (χ4n) is 2.60. The van der Waals surface area contributed by atoms with Gasteiger partial charge in [-0.05, 0) is 50.8 Å². The maximum absolute atomic E-state index is 13.5. The number of carbonyl (C=O) groups excluding carboxylic acids is 2. The predicted octanol–water partition coefficient (Wildman–Crippen LogP) is 2.36. The van der Waals surface area contributed by atoms with Crippen molar-refractivity contribution in [3.8, 4) is 0 Å². The first-order valence-corrected chi connectivity index (χ1v) is 8.44. The Balaban J connectivity index is 1.94. The van der Waals surface area contributed by atoms with Gasteiger partial charge in [0.2, 0.25) is 5.91 Å². The average Bonchev–Trinajstić information content (AvgIpc) is 2.62. The standard InChI is InChI=1S/C20H24FN3O2/c1-14(23-20(26)15-8-5-4-6-9-15)19(25)22-13-18(24(2)3)16-10-7-11-17(21)12-16/h4-12,14,18H,13H2,1-3H3,(H,22,25)(H,23,26). The van der Waals surface area contributed by atoms with Crippen LogP contribution in [0.2, 0.25) is 0 Å². The molecule has 5 nitrogen and oxygen atoms in total. The normalized spacial score (nSPS) is 13.1. The van der Waals surface area contributed by atoms with Crippen LogP contribution in [0.15, 0.2) is 54.6 Å². The Hall–Kier alpha value is -2.73. The molecule has 0 fully saturated rings. The third kappa shape index (κ3) is 5.39. The zero-order valence-electron chi connectivity index (χ0n) is 15.2. The van der Waals surface area contributed by atoms with Gasteiger partial charge in [0.1, 0.15) is 11.9 Å². The van der Waals surface area contributed by atoms with Gasteiger partial charge in [-0.1, -0.05) is 30.3 Å². The number of hydrogen-bond donors (Lipinski definition) is 2. The topological polar surface area (TPSA) is 61.4 Å². The highest BCUT2D eigenvalue weighted by molar-refractivity contribution is 5.97. The molecule has 26 heavy (non-hydrogen) atoms. The molecule has 0 radical (unpaired) electrons. The van der Waals surface area contributed by atoms with E-state index in [0.717, 1.165) is 5.56 Å². The molecule has 2 rings (SSSR count). The molecule has 0 aliphatic rings. The Labute approximate surface area is 153 Å².